The summed E-state index contributed by atoms with van der Waals surface area (Å²) in [5.41, 5.74) is 4.53. The predicted octanol–water partition coefficient (Wildman–Crippen LogP) is 5.94. The molecule has 140 valence electrons. The zero-order valence-corrected chi connectivity index (χ0v) is 16.5. The zero-order chi connectivity index (χ0) is 19.7. The van der Waals surface area contributed by atoms with Crippen molar-refractivity contribution < 1.29 is 9.59 Å². The normalized spacial score (nSPS) is 24.5. The molecule has 0 N–H and O–H groups in total. The lowest BCUT2D eigenvalue weighted by Crippen LogP contribution is -2.18. The van der Waals surface area contributed by atoms with E-state index in [-0.39, 0.29) is 17.6 Å². The third kappa shape index (κ3) is 5.14. The SMILES string of the molecule is C=C(C)C1=CC=C2C(C=O)C(=O)C(CCC)C2C1.C=CC=C(C=C)CC. The quantitative estimate of drug-likeness (QED) is 0.322. The van der Waals surface area contributed by atoms with Crippen LogP contribution in [0, 0.1) is 17.8 Å². The maximum atomic E-state index is 12.3. The number of hydrogen-bond donors (Lipinski definition) is 0. The van der Waals surface area contributed by atoms with E-state index in [0.29, 0.717) is 0 Å². The van der Waals surface area contributed by atoms with Gasteiger partial charge in [0.1, 0.15) is 6.29 Å². The van der Waals surface area contributed by atoms with Crippen molar-refractivity contribution in [1.29, 1.82) is 0 Å². The van der Waals surface area contributed by atoms with Crippen molar-refractivity contribution in [3.63, 3.8) is 0 Å². The molecule has 1 fully saturated rings. The van der Waals surface area contributed by atoms with Crippen LogP contribution in [0.3, 0.4) is 0 Å². The van der Waals surface area contributed by atoms with Gasteiger partial charge in [0, 0.05) is 5.92 Å². The van der Waals surface area contributed by atoms with Gasteiger partial charge < -0.3 is 4.79 Å². The summed E-state index contributed by atoms with van der Waals surface area (Å²) in [6.45, 7) is 17.4. The number of carbonyl (C=O) groups is 2. The first kappa shape index (κ1) is 21.8. The number of rotatable bonds is 7. The van der Waals surface area contributed by atoms with Gasteiger partial charge in [0.15, 0.2) is 5.78 Å². The lowest BCUT2D eigenvalue weighted by atomic mass is 9.80. The smallest absolute Gasteiger partial charge is 0.150 e. The summed E-state index contributed by atoms with van der Waals surface area (Å²) in [5.74, 6) is -0.113. The number of Topliss-reactive ketones (excluding diaryl/α,β-unsaturated/α-hetero) is 1. The Bertz CT molecular complexity index is 658. The second kappa shape index (κ2) is 10.7. The minimum Gasteiger partial charge on any atom is -0.302 e. The van der Waals surface area contributed by atoms with E-state index < -0.39 is 5.92 Å². The van der Waals surface area contributed by atoms with Crippen molar-refractivity contribution in [2.24, 2.45) is 17.8 Å². The topological polar surface area (TPSA) is 34.1 Å². The largest absolute Gasteiger partial charge is 0.302 e. The average molecular weight is 353 g/mol. The monoisotopic (exact) mass is 352 g/mol. The zero-order valence-electron chi connectivity index (χ0n) is 16.5. The molecule has 1 saturated carbocycles. The summed E-state index contributed by atoms with van der Waals surface area (Å²) in [5, 5.41) is 0. The molecule has 2 heteroatoms. The van der Waals surface area contributed by atoms with Gasteiger partial charge in [0.2, 0.25) is 0 Å². The fourth-order valence-electron chi connectivity index (χ4n) is 3.64. The summed E-state index contributed by atoms with van der Waals surface area (Å²) >= 11 is 0. The Morgan fingerprint density at radius 3 is 2.38 bits per heavy atom. The van der Waals surface area contributed by atoms with E-state index >= 15 is 0 Å². The van der Waals surface area contributed by atoms with E-state index in [4.69, 9.17) is 0 Å². The van der Waals surface area contributed by atoms with Crippen LogP contribution in [0.5, 0.6) is 0 Å². The molecule has 0 amide bonds. The molecule has 2 nitrogen and oxygen atoms in total. The number of carbonyl (C=O) groups excluding carboxylic acids is 2. The van der Waals surface area contributed by atoms with Gasteiger partial charge in [-0.3, -0.25) is 4.79 Å². The molecule has 0 spiro atoms. The van der Waals surface area contributed by atoms with Gasteiger partial charge in [0.05, 0.1) is 5.92 Å². The molecule has 2 aliphatic carbocycles. The van der Waals surface area contributed by atoms with Crippen LogP contribution in [0.4, 0.5) is 0 Å². The third-order valence-corrected chi connectivity index (χ3v) is 5.15. The van der Waals surface area contributed by atoms with Crippen molar-refractivity contribution in [2.45, 2.75) is 46.5 Å². The van der Waals surface area contributed by atoms with E-state index in [1.54, 1.807) is 6.08 Å². The molecule has 0 aromatic heterocycles. The summed E-state index contributed by atoms with van der Waals surface area (Å²) in [6, 6.07) is 0. The van der Waals surface area contributed by atoms with Crippen molar-refractivity contribution in [2.75, 3.05) is 0 Å². The molecule has 2 rings (SSSR count). The van der Waals surface area contributed by atoms with Crippen LogP contribution >= 0.6 is 0 Å². The van der Waals surface area contributed by atoms with Gasteiger partial charge in [0.25, 0.3) is 0 Å². The molecule has 0 saturated heterocycles. The first-order valence-corrected chi connectivity index (χ1v) is 9.44. The Balaban J connectivity index is 0.000000359. The molecule has 3 unspecified atom stereocenters. The summed E-state index contributed by atoms with van der Waals surface area (Å²) in [7, 11) is 0. The standard InChI is InChI=1S/C16H20O2.C8H12/c1-4-5-13-14-8-11(10(2)3)6-7-12(14)15(9-17)16(13)18;1-4-7-8(5-2)6-3/h6-7,9,13-15H,2,4-5,8H2,1,3H3;4-5,7H,1-2,6H2,3H3. The second-order valence-corrected chi connectivity index (χ2v) is 6.90. The number of allylic oxidation sites excluding steroid dienone is 9. The molecule has 0 heterocycles. The van der Waals surface area contributed by atoms with Gasteiger partial charge in [-0.1, -0.05) is 76.0 Å². The van der Waals surface area contributed by atoms with Crippen LogP contribution in [0.15, 0.2) is 72.4 Å². The number of fused-ring (bicyclic) bond motifs is 1. The highest BCUT2D eigenvalue weighted by Gasteiger charge is 2.45. The van der Waals surface area contributed by atoms with E-state index in [0.717, 1.165) is 43.1 Å². The Kier molecular flexibility index (Phi) is 8.98. The number of hydrogen-bond acceptors (Lipinski definition) is 2. The van der Waals surface area contributed by atoms with Crippen molar-refractivity contribution in [1.82, 2.24) is 0 Å². The molecule has 3 atom stereocenters. The fraction of sp³-hybridized carbons (Fsp3) is 0.417. The Morgan fingerprint density at radius 2 is 1.96 bits per heavy atom. The molecule has 0 radical (unpaired) electrons. The second-order valence-electron chi connectivity index (χ2n) is 6.90. The molecular weight excluding hydrogens is 320 g/mol. The minimum absolute atomic E-state index is 0.0273. The van der Waals surface area contributed by atoms with Crippen molar-refractivity contribution in [3.05, 3.63) is 72.4 Å². The van der Waals surface area contributed by atoms with Crippen LogP contribution < -0.4 is 0 Å². The van der Waals surface area contributed by atoms with Gasteiger partial charge in [-0.25, -0.2) is 0 Å². The van der Waals surface area contributed by atoms with Gasteiger partial charge in [-0.05, 0) is 48.8 Å². The molecule has 0 aromatic rings. The van der Waals surface area contributed by atoms with Gasteiger partial charge in [-0.2, -0.15) is 0 Å². The van der Waals surface area contributed by atoms with Crippen LogP contribution in [0.2, 0.25) is 0 Å². The molecule has 2 aliphatic rings. The summed E-state index contributed by atoms with van der Waals surface area (Å²) in [6.07, 6.45) is 14.2. The lowest BCUT2D eigenvalue weighted by Gasteiger charge is -2.24. The minimum atomic E-state index is -0.491. The molecule has 0 bridgehead atoms. The maximum Gasteiger partial charge on any atom is 0.150 e. The molecule has 0 aromatic carbocycles. The van der Waals surface area contributed by atoms with E-state index in [2.05, 4.69) is 33.6 Å². The number of ketones is 1. The van der Waals surface area contributed by atoms with E-state index in [1.165, 1.54) is 11.1 Å². The van der Waals surface area contributed by atoms with Crippen LogP contribution in [0.1, 0.15) is 46.5 Å². The average Bonchev–Trinajstić information content (AvgIpc) is 2.91. The Morgan fingerprint density at radius 1 is 1.27 bits per heavy atom. The third-order valence-electron chi connectivity index (χ3n) is 5.15. The molecule has 0 aliphatic heterocycles. The van der Waals surface area contributed by atoms with E-state index in [9.17, 15) is 9.59 Å². The highest BCUT2D eigenvalue weighted by atomic mass is 16.1. The van der Waals surface area contributed by atoms with Crippen LogP contribution in [-0.4, -0.2) is 12.1 Å². The summed E-state index contributed by atoms with van der Waals surface area (Å²) < 4.78 is 0. The molecular formula is C24H32O2. The predicted molar refractivity (Wildman–Crippen MR) is 111 cm³/mol. The maximum absolute atomic E-state index is 12.3. The first-order chi connectivity index (χ1) is 12.4. The highest BCUT2D eigenvalue weighted by molar-refractivity contribution is 6.01. The Hall–Kier alpha value is -2.22. The van der Waals surface area contributed by atoms with Crippen LogP contribution in [0.25, 0.3) is 0 Å². The Labute approximate surface area is 158 Å². The van der Waals surface area contributed by atoms with Gasteiger partial charge >= 0.3 is 0 Å². The number of aldehydes is 1. The first-order valence-electron chi connectivity index (χ1n) is 9.44. The lowest BCUT2D eigenvalue weighted by molar-refractivity contribution is -0.127. The summed E-state index contributed by atoms with van der Waals surface area (Å²) in [4.78, 5) is 23.4. The van der Waals surface area contributed by atoms with E-state index in [1.807, 2.05) is 31.2 Å². The van der Waals surface area contributed by atoms with Crippen molar-refractivity contribution >= 4 is 12.1 Å². The van der Waals surface area contributed by atoms with Gasteiger partial charge in [-0.15, -0.1) is 0 Å². The fourth-order valence-corrected chi connectivity index (χ4v) is 3.64. The molecule has 26 heavy (non-hydrogen) atoms. The van der Waals surface area contributed by atoms with Crippen LogP contribution in [-0.2, 0) is 9.59 Å². The van der Waals surface area contributed by atoms with Crippen molar-refractivity contribution in [3.8, 4) is 0 Å². The highest BCUT2D eigenvalue weighted by Crippen LogP contribution is 2.46.